The van der Waals surface area contributed by atoms with Crippen molar-refractivity contribution in [2.24, 2.45) is 5.10 Å². The first-order valence-corrected chi connectivity index (χ1v) is 8.72. The van der Waals surface area contributed by atoms with Crippen molar-refractivity contribution in [1.82, 2.24) is 5.43 Å². The number of ether oxygens (including phenoxy) is 3. The van der Waals surface area contributed by atoms with Crippen molar-refractivity contribution < 1.29 is 28.9 Å². The molecule has 0 radical (unpaired) electrons. The Morgan fingerprint density at radius 3 is 2.48 bits per heavy atom. The van der Waals surface area contributed by atoms with Crippen molar-refractivity contribution in [3.05, 3.63) is 51.1 Å². The topological polar surface area (TPSA) is 106 Å². The number of hydrogen-bond acceptors (Lipinski definition) is 6. The van der Waals surface area contributed by atoms with Gasteiger partial charge in [0.15, 0.2) is 18.1 Å². The van der Waals surface area contributed by atoms with Crippen LogP contribution in [0.4, 0.5) is 0 Å². The Hall–Kier alpha value is -2.82. The maximum absolute atomic E-state index is 12.1. The molecule has 2 aromatic rings. The average Bonchev–Trinajstić information content (AvgIpc) is 2.66. The van der Waals surface area contributed by atoms with Crippen molar-refractivity contribution in [3.63, 3.8) is 0 Å². The van der Waals surface area contributed by atoms with E-state index in [2.05, 4.69) is 10.5 Å². The fourth-order valence-corrected chi connectivity index (χ4v) is 2.84. The Kier molecular flexibility index (Phi) is 7.41. The van der Waals surface area contributed by atoms with Gasteiger partial charge in [-0.2, -0.15) is 5.10 Å². The number of carboxylic acids is 1. The number of methoxy groups -OCH3 is 2. The Morgan fingerprint density at radius 1 is 1.19 bits per heavy atom. The van der Waals surface area contributed by atoms with E-state index in [0.29, 0.717) is 31.9 Å². The van der Waals surface area contributed by atoms with Gasteiger partial charge in [0.1, 0.15) is 5.75 Å². The van der Waals surface area contributed by atoms with E-state index in [1.54, 1.807) is 43.5 Å². The summed E-state index contributed by atoms with van der Waals surface area (Å²) in [7, 11) is 3.00. The monoisotopic (exact) mass is 484 g/mol. The maximum Gasteiger partial charge on any atom is 0.341 e. The molecule has 0 aromatic heterocycles. The summed E-state index contributed by atoms with van der Waals surface area (Å²) in [6, 6.07) is 9.98. The minimum absolute atomic E-state index is 0.333. The zero-order valence-corrected chi connectivity index (χ0v) is 16.7. The predicted molar refractivity (Wildman–Crippen MR) is 107 cm³/mol. The van der Waals surface area contributed by atoms with Gasteiger partial charge in [0.25, 0.3) is 5.91 Å². The second kappa shape index (κ2) is 9.76. The van der Waals surface area contributed by atoms with Gasteiger partial charge in [0.2, 0.25) is 0 Å². The highest BCUT2D eigenvalue weighted by atomic mass is 127. The number of nitrogens with one attached hydrogen (secondary N) is 1. The largest absolute Gasteiger partial charge is 0.497 e. The number of hydrogen-bond donors (Lipinski definition) is 2. The zero-order chi connectivity index (χ0) is 19.8. The van der Waals surface area contributed by atoms with E-state index in [0.717, 1.165) is 0 Å². The van der Waals surface area contributed by atoms with Gasteiger partial charge in [-0.3, -0.25) is 4.79 Å². The number of carbonyl (C=O) groups excluding carboxylic acids is 1. The third kappa shape index (κ3) is 5.84. The van der Waals surface area contributed by atoms with Gasteiger partial charge < -0.3 is 19.3 Å². The van der Waals surface area contributed by atoms with Gasteiger partial charge in [0.05, 0.1) is 24.0 Å². The lowest BCUT2D eigenvalue weighted by Gasteiger charge is -2.12. The smallest absolute Gasteiger partial charge is 0.341 e. The van der Waals surface area contributed by atoms with Crippen LogP contribution < -0.4 is 19.6 Å². The van der Waals surface area contributed by atoms with Crippen molar-refractivity contribution in [2.45, 2.75) is 0 Å². The van der Waals surface area contributed by atoms with Crippen LogP contribution in [0.1, 0.15) is 15.9 Å². The number of rotatable bonds is 8. The molecule has 0 bridgehead atoms. The van der Waals surface area contributed by atoms with E-state index >= 15 is 0 Å². The molecular formula is C18H17IN2O6. The molecule has 0 atom stereocenters. The van der Waals surface area contributed by atoms with E-state index < -0.39 is 12.6 Å². The third-order valence-electron chi connectivity index (χ3n) is 3.32. The highest BCUT2D eigenvalue weighted by molar-refractivity contribution is 14.1. The first-order chi connectivity index (χ1) is 12.9. The van der Waals surface area contributed by atoms with Crippen LogP contribution in [0, 0.1) is 3.57 Å². The number of amides is 1. The van der Waals surface area contributed by atoms with Crippen molar-refractivity contribution in [2.75, 3.05) is 20.8 Å². The van der Waals surface area contributed by atoms with Crippen molar-refractivity contribution >= 4 is 40.7 Å². The van der Waals surface area contributed by atoms with Gasteiger partial charge >= 0.3 is 5.97 Å². The molecule has 0 fully saturated rings. The fraction of sp³-hybridized carbons (Fsp3) is 0.167. The summed E-state index contributed by atoms with van der Waals surface area (Å²) >= 11 is 2.00. The molecule has 142 valence electrons. The molecule has 8 nitrogen and oxygen atoms in total. The van der Waals surface area contributed by atoms with Gasteiger partial charge in [-0.05, 0) is 64.6 Å². The van der Waals surface area contributed by atoms with Crippen LogP contribution in [-0.4, -0.2) is 44.0 Å². The minimum Gasteiger partial charge on any atom is -0.497 e. The lowest BCUT2D eigenvalue weighted by atomic mass is 10.2. The number of aliphatic carboxylic acids is 1. The lowest BCUT2D eigenvalue weighted by molar-refractivity contribution is -0.139. The van der Waals surface area contributed by atoms with E-state index in [1.807, 2.05) is 22.6 Å². The molecule has 0 saturated carbocycles. The number of benzene rings is 2. The summed E-state index contributed by atoms with van der Waals surface area (Å²) in [4.78, 5) is 22.7. The third-order valence-corrected chi connectivity index (χ3v) is 4.12. The molecule has 0 unspecified atom stereocenters. The molecule has 2 rings (SSSR count). The number of carboxylic acid groups (broad SMARTS) is 1. The van der Waals surface area contributed by atoms with E-state index in [9.17, 15) is 9.59 Å². The van der Waals surface area contributed by atoms with E-state index in [1.165, 1.54) is 13.3 Å². The Labute approximate surface area is 169 Å². The average molecular weight is 484 g/mol. The summed E-state index contributed by atoms with van der Waals surface area (Å²) in [5, 5.41) is 12.7. The van der Waals surface area contributed by atoms with Crippen LogP contribution in [-0.2, 0) is 4.79 Å². The zero-order valence-electron chi connectivity index (χ0n) is 14.6. The van der Waals surface area contributed by atoms with Gasteiger partial charge in [0, 0.05) is 5.56 Å². The Balaban J connectivity index is 2.08. The number of halogens is 1. The molecule has 2 N–H and O–H groups in total. The van der Waals surface area contributed by atoms with Crippen LogP contribution in [0.15, 0.2) is 41.5 Å². The molecule has 0 spiro atoms. The van der Waals surface area contributed by atoms with Crippen LogP contribution in [0.2, 0.25) is 0 Å². The van der Waals surface area contributed by atoms with E-state index in [-0.39, 0.29) is 5.91 Å². The summed E-state index contributed by atoms with van der Waals surface area (Å²) in [6.45, 7) is -0.474. The van der Waals surface area contributed by atoms with E-state index in [4.69, 9.17) is 19.3 Å². The summed E-state index contributed by atoms with van der Waals surface area (Å²) in [5.41, 5.74) is 3.52. The second-order valence-electron chi connectivity index (χ2n) is 5.14. The SMILES string of the molecule is COc1ccc(C(=O)NN=Cc2cc(I)c(OCC(=O)O)c(OC)c2)cc1. The molecule has 0 aliphatic heterocycles. The maximum atomic E-state index is 12.1. The number of hydrazone groups is 1. The lowest BCUT2D eigenvalue weighted by Crippen LogP contribution is -2.17. The summed E-state index contributed by atoms with van der Waals surface area (Å²) in [6.07, 6.45) is 1.45. The second-order valence-corrected chi connectivity index (χ2v) is 6.31. The molecular weight excluding hydrogens is 467 g/mol. The molecule has 0 aliphatic carbocycles. The first-order valence-electron chi connectivity index (χ1n) is 7.64. The predicted octanol–water partition coefficient (Wildman–Crippen LogP) is 2.54. The Morgan fingerprint density at radius 2 is 1.89 bits per heavy atom. The molecule has 0 saturated heterocycles. The molecule has 27 heavy (non-hydrogen) atoms. The fourth-order valence-electron chi connectivity index (χ4n) is 2.06. The summed E-state index contributed by atoms with van der Waals surface area (Å²) < 4.78 is 16.2. The van der Waals surface area contributed by atoms with Crippen LogP contribution >= 0.6 is 22.6 Å². The van der Waals surface area contributed by atoms with Crippen LogP contribution in [0.3, 0.4) is 0 Å². The Bertz CT molecular complexity index is 852. The van der Waals surface area contributed by atoms with Crippen LogP contribution in [0.25, 0.3) is 0 Å². The molecule has 1 amide bonds. The molecule has 0 aliphatic rings. The normalized spacial score (nSPS) is 10.5. The highest BCUT2D eigenvalue weighted by Gasteiger charge is 2.12. The summed E-state index contributed by atoms with van der Waals surface area (Å²) in [5.74, 6) is -0.0929. The van der Waals surface area contributed by atoms with Gasteiger partial charge in [-0.25, -0.2) is 10.2 Å². The van der Waals surface area contributed by atoms with Gasteiger partial charge in [-0.1, -0.05) is 0 Å². The highest BCUT2D eigenvalue weighted by Crippen LogP contribution is 2.33. The number of nitrogens with zero attached hydrogens (tertiary/aromatic N) is 1. The number of carbonyl (C=O) groups is 2. The molecule has 0 heterocycles. The van der Waals surface area contributed by atoms with Crippen molar-refractivity contribution in [3.8, 4) is 17.2 Å². The quantitative estimate of drug-likeness (QED) is 0.339. The standard InChI is InChI=1S/C18H17IN2O6/c1-25-13-5-3-12(4-6-13)18(24)21-20-9-11-7-14(19)17(15(8-11)26-2)27-10-16(22)23/h3-9H,10H2,1-2H3,(H,21,24)(H,22,23). The van der Waals surface area contributed by atoms with Gasteiger partial charge in [-0.15, -0.1) is 0 Å². The van der Waals surface area contributed by atoms with Crippen molar-refractivity contribution in [1.29, 1.82) is 0 Å². The molecule has 2 aromatic carbocycles. The van der Waals surface area contributed by atoms with Crippen LogP contribution in [0.5, 0.6) is 17.2 Å². The minimum atomic E-state index is -1.08. The first kappa shape index (κ1) is 20.5. The molecule has 9 heteroatoms.